The van der Waals surface area contributed by atoms with Gasteiger partial charge in [-0.05, 0) is 24.3 Å². The van der Waals surface area contributed by atoms with Crippen molar-refractivity contribution < 1.29 is 26.3 Å². The molecule has 0 aliphatic rings. The van der Waals surface area contributed by atoms with Crippen LogP contribution in [0.25, 0.3) is 0 Å². The Bertz CT molecular complexity index is 388. The SMILES string of the molecule is [Cl-].[Mg+2].[O-]P(Oc1ccccc1)Oc1ccccc1. The van der Waals surface area contributed by atoms with Crippen LogP contribution in [0.1, 0.15) is 0 Å². The van der Waals surface area contributed by atoms with Gasteiger partial charge in [0.15, 0.2) is 0 Å². The molecule has 2 rings (SSSR count). The Morgan fingerprint density at radius 2 is 1.06 bits per heavy atom. The summed E-state index contributed by atoms with van der Waals surface area (Å²) < 4.78 is 10.2. The van der Waals surface area contributed by atoms with Gasteiger partial charge in [-0.25, -0.2) is 0 Å². The summed E-state index contributed by atoms with van der Waals surface area (Å²) >= 11 is 0. The molecule has 0 saturated heterocycles. The third kappa shape index (κ3) is 5.89. The van der Waals surface area contributed by atoms with Crippen molar-refractivity contribution in [2.75, 3.05) is 0 Å². The van der Waals surface area contributed by atoms with E-state index in [0.717, 1.165) is 0 Å². The Morgan fingerprint density at radius 3 is 1.39 bits per heavy atom. The Morgan fingerprint density at radius 1 is 0.722 bits per heavy atom. The molecule has 3 nitrogen and oxygen atoms in total. The minimum absolute atomic E-state index is 0. The summed E-state index contributed by atoms with van der Waals surface area (Å²) in [7, 11) is -2.18. The van der Waals surface area contributed by atoms with Crippen LogP contribution < -0.4 is 26.3 Å². The van der Waals surface area contributed by atoms with Crippen molar-refractivity contribution in [2.24, 2.45) is 0 Å². The predicted octanol–water partition coefficient (Wildman–Crippen LogP) is -0.645. The smallest absolute Gasteiger partial charge is 1.00 e. The number of halogens is 1. The van der Waals surface area contributed by atoms with Crippen LogP contribution in [-0.2, 0) is 0 Å². The molecule has 90 valence electrons. The van der Waals surface area contributed by atoms with Crippen LogP contribution in [0.2, 0.25) is 0 Å². The molecule has 0 saturated carbocycles. The molecule has 0 bridgehead atoms. The molecule has 0 aliphatic heterocycles. The Labute approximate surface area is 130 Å². The molecule has 18 heavy (non-hydrogen) atoms. The van der Waals surface area contributed by atoms with Gasteiger partial charge in [0.2, 0.25) is 8.60 Å². The van der Waals surface area contributed by atoms with E-state index in [1.807, 2.05) is 12.1 Å². The van der Waals surface area contributed by atoms with Gasteiger partial charge in [0.1, 0.15) is 11.5 Å². The van der Waals surface area contributed by atoms with Gasteiger partial charge in [-0.2, -0.15) is 0 Å². The van der Waals surface area contributed by atoms with Gasteiger partial charge in [0, 0.05) is 0 Å². The average molecular weight is 293 g/mol. The summed E-state index contributed by atoms with van der Waals surface area (Å²) in [5.74, 6) is 1.05. The van der Waals surface area contributed by atoms with Crippen LogP contribution in [0.4, 0.5) is 0 Å². The molecular formula is C12H10ClMgO3P. The minimum Gasteiger partial charge on any atom is -1.00 e. The molecular weight excluding hydrogens is 283 g/mol. The van der Waals surface area contributed by atoms with E-state index in [-0.39, 0.29) is 35.5 Å². The third-order valence-corrected chi connectivity index (χ3v) is 2.57. The first kappa shape index (κ1) is 17.5. The number of hydrogen-bond donors (Lipinski definition) is 0. The van der Waals surface area contributed by atoms with Crippen LogP contribution in [0, 0.1) is 0 Å². The van der Waals surface area contributed by atoms with Crippen molar-refractivity contribution in [3.8, 4) is 11.5 Å². The molecule has 0 aliphatic carbocycles. The van der Waals surface area contributed by atoms with Gasteiger partial charge in [0.25, 0.3) is 0 Å². The summed E-state index contributed by atoms with van der Waals surface area (Å²) in [5, 5.41) is 0. The number of rotatable bonds is 4. The van der Waals surface area contributed by atoms with Gasteiger partial charge in [-0.15, -0.1) is 0 Å². The second-order valence-electron chi connectivity index (χ2n) is 3.03. The largest absolute Gasteiger partial charge is 2.00 e. The molecule has 2 aromatic rings. The molecule has 0 atom stereocenters. The van der Waals surface area contributed by atoms with Crippen molar-refractivity contribution in [3.63, 3.8) is 0 Å². The van der Waals surface area contributed by atoms with Crippen LogP contribution in [0.5, 0.6) is 11.5 Å². The number of para-hydroxylation sites is 2. The second-order valence-corrected chi connectivity index (χ2v) is 3.84. The van der Waals surface area contributed by atoms with E-state index < -0.39 is 8.60 Å². The molecule has 0 amide bonds. The van der Waals surface area contributed by atoms with E-state index in [4.69, 9.17) is 9.05 Å². The van der Waals surface area contributed by atoms with E-state index in [1.54, 1.807) is 48.5 Å². The quantitative estimate of drug-likeness (QED) is 0.556. The van der Waals surface area contributed by atoms with Crippen LogP contribution in [-0.4, -0.2) is 23.1 Å². The fourth-order valence-electron chi connectivity index (χ4n) is 1.15. The van der Waals surface area contributed by atoms with Crippen molar-refractivity contribution >= 4 is 31.7 Å². The van der Waals surface area contributed by atoms with Crippen LogP contribution in [0.15, 0.2) is 60.7 Å². The summed E-state index contributed by atoms with van der Waals surface area (Å²) in [6.07, 6.45) is 0. The summed E-state index contributed by atoms with van der Waals surface area (Å²) in [6, 6.07) is 17.8. The Kier molecular flexibility index (Phi) is 9.15. The summed E-state index contributed by atoms with van der Waals surface area (Å²) in [5.41, 5.74) is 0. The molecule has 0 aromatic heterocycles. The Balaban J connectivity index is 0.00000144. The fraction of sp³-hybridized carbons (Fsp3) is 0. The van der Waals surface area contributed by atoms with Crippen molar-refractivity contribution in [3.05, 3.63) is 60.7 Å². The van der Waals surface area contributed by atoms with Crippen LogP contribution >= 0.6 is 8.60 Å². The number of benzene rings is 2. The summed E-state index contributed by atoms with van der Waals surface area (Å²) in [4.78, 5) is 11.5. The topological polar surface area (TPSA) is 41.5 Å². The predicted molar refractivity (Wildman–Crippen MR) is 66.8 cm³/mol. The molecule has 0 fully saturated rings. The maximum absolute atomic E-state index is 11.5. The molecule has 6 heteroatoms. The van der Waals surface area contributed by atoms with Gasteiger partial charge < -0.3 is 26.3 Å². The fourth-order valence-corrected chi connectivity index (χ4v) is 1.78. The number of hydrogen-bond acceptors (Lipinski definition) is 3. The summed E-state index contributed by atoms with van der Waals surface area (Å²) in [6.45, 7) is 0. The Hall–Kier alpha value is -0.514. The third-order valence-electron chi connectivity index (χ3n) is 1.85. The second kappa shape index (κ2) is 9.42. The standard InChI is InChI=1S/C12H10O3P.ClH.Mg/c13-16(14-11-7-3-1-4-8-11)15-12-9-5-2-6-10-12;;/h1-10H;1H;/q-1;;+2/p-1. The van der Waals surface area contributed by atoms with Gasteiger partial charge in [0.05, 0.1) is 0 Å². The van der Waals surface area contributed by atoms with Gasteiger partial charge >= 0.3 is 23.1 Å². The normalized spacial score (nSPS) is 9.00. The maximum atomic E-state index is 11.5. The van der Waals surface area contributed by atoms with E-state index in [1.165, 1.54) is 0 Å². The zero-order valence-electron chi connectivity index (χ0n) is 9.53. The average Bonchev–Trinajstić information content (AvgIpc) is 2.31. The van der Waals surface area contributed by atoms with Crippen molar-refractivity contribution in [1.82, 2.24) is 0 Å². The van der Waals surface area contributed by atoms with E-state index in [0.29, 0.717) is 11.5 Å². The van der Waals surface area contributed by atoms with E-state index in [2.05, 4.69) is 0 Å². The van der Waals surface area contributed by atoms with E-state index >= 15 is 0 Å². The first-order valence-electron chi connectivity index (χ1n) is 4.78. The van der Waals surface area contributed by atoms with Gasteiger partial charge in [-0.3, -0.25) is 0 Å². The van der Waals surface area contributed by atoms with E-state index in [9.17, 15) is 4.89 Å². The molecule has 0 unspecified atom stereocenters. The molecule has 0 N–H and O–H groups in total. The zero-order valence-corrected chi connectivity index (χ0v) is 12.6. The molecule has 0 heterocycles. The van der Waals surface area contributed by atoms with Crippen LogP contribution in [0.3, 0.4) is 0 Å². The minimum atomic E-state index is -2.18. The monoisotopic (exact) mass is 292 g/mol. The maximum Gasteiger partial charge on any atom is 2.00 e. The molecule has 0 spiro atoms. The van der Waals surface area contributed by atoms with Crippen molar-refractivity contribution in [1.29, 1.82) is 0 Å². The zero-order chi connectivity index (χ0) is 11.2. The first-order valence-corrected chi connectivity index (χ1v) is 5.87. The first-order chi connectivity index (χ1) is 7.84. The molecule has 0 radical (unpaired) electrons. The molecule has 2 aromatic carbocycles. The van der Waals surface area contributed by atoms with Gasteiger partial charge in [-0.1, -0.05) is 36.4 Å². The van der Waals surface area contributed by atoms with Crippen molar-refractivity contribution in [2.45, 2.75) is 0 Å².